The van der Waals surface area contributed by atoms with Crippen LogP contribution in [0, 0.1) is 0 Å². The average Bonchev–Trinajstić information content (AvgIpc) is 2.43. The van der Waals surface area contributed by atoms with Gasteiger partial charge < -0.3 is 4.43 Å². The monoisotopic (exact) mass is 364 g/mol. The first kappa shape index (κ1) is 16.7. The van der Waals surface area contributed by atoms with E-state index in [0.717, 1.165) is 5.33 Å². The van der Waals surface area contributed by atoms with E-state index in [2.05, 4.69) is 92.3 Å². The first-order chi connectivity index (χ1) is 9.74. The summed E-state index contributed by atoms with van der Waals surface area (Å²) in [6, 6.07) is 15.1. The predicted molar refractivity (Wildman–Crippen MR) is 98.8 cm³/mol. The summed E-state index contributed by atoms with van der Waals surface area (Å²) in [5.41, 5.74) is 1.26. The lowest BCUT2D eigenvalue weighted by Gasteiger charge is -2.39. The van der Waals surface area contributed by atoms with Crippen LogP contribution >= 0.6 is 15.9 Å². The fourth-order valence-corrected chi connectivity index (χ4v) is 4.16. The number of rotatable bonds is 4. The van der Waals surface area contributed by atoms with Crippen LogP contribution < -0.4 is 0 Å². The summed E-state index contributed by atoms with van der Waals surface area (Å²) in [5.74, 6) is 0. The van der Waals surface area contributed by atoms with E-state index >= 15 is 0 Å². The second kappa shape index (κ2) is 6.23. The van der Waals surface area contributed by atoms with E-state index < -0.39 is 8.32 Å². The van der Waals surface area contributed by atoms with Crippen molar-refractivity contribution in [1.82, 2.24) is 0 Å². The summed E-state index contributed by atoms with van der Waals surface area (Å²) in [4.78, 5) is 0. The number of fused-ring (bicyclic) bond motifs is 1. The van der Waals surface area contributed by atoms with Crippen molar-refractivity contribution in [1.29, 1.82) is 0 Å². The van der Waals surface area contributed by atoms with Crippen LogP contribution in [0.2, 0.25) is 18.1 Å². The molecular formula is C18H25BrOSi. The molecule has 0 heterocycles. The quantitative estimate of drug-likeness (QED) is 0.456. The zero-order chi connectivity index (χ0) is 15.7. The van der Waals surface area contributed by atoms with Gasteiger partial charge >= 0.3 is 0 Å². The van der Waals surface area contributed by atoms with Gasteiger partial charge in [-0.2, -0.15) is 0 Å². The van der Waals surface area contributed by atoms with Crippen molar-refractivity contribution in [3.8, 4) is 0 Å². The van der Waals surface area contributed by atoms with Gasteiger partial charge in [-0.1, -0.05) is 73.1 Å². The fourth-order valence-electron chi connectivity index (χ4n) is 2.13. The van der Waals surface area contributed by atoms with Crippen molar-refractivity contribution >= 4 is 35.0 Å². The maximum atomic E-state index is 6.58. The molecule has 0 saturated carbocycles. The van der Waals surface area contributed by atoms with Gasteiger partial charge in [0, 0.05) is 5.33 Å². The average molecular weight is 365 g/mol. The molecule has 114 valence electrons. The first-order valence-corrected chi connectivity index (χ1v) is 11.5. The molecule has 0 aliphatic rings. The molecule has 3 heteroatoms. The van der Waals surface area contributed by atoms with Crippen LogP contribution in [0.5, 0.6) is 0 Å². The second-order valence-corrected chi connectivity index (χ2v) is 12.5. The lowest BCUT2D eigenvalue weighted by atomic mass is 10.0. The molecule has 0 aliphatic heterocycles. The van der Waals surface area contributed by atoms with Crippen LogP contribution in [0.3, 0.4) is 0 Å². The summed E-state index contributed by atoms with van der Waals surface area (Å²) in [6.07, 6.45) is 0.121. The molecule has 0 bridgehead atoms. The van der Waals surface area contributed by atoms with E-state index in [1.165, 1.54) is 16.3 Å². The summed E-state index contributed by atoms with van der Waals surface area (Å²) in [6.45, 7) is 11.5. The highest BCUT2D eigenvalue weighted by Crippen LogP contribution is 2.40. The summed E-state index contributed by atoms with van der Waals surface area (Å²) >= 11 is 3.63. The molecule has 0 saturated heterocycles. The van der Waals surface area contributed by atoms with Crippen molar-refractivity contribution < 1.29 is 4.43 Å². The zero-order valence-corrected chi connectivity index (χ0v) is 16.2. The van der Waals surface area contributed by atoms with Crippen molar-refractivity contribution in [2.75, 3.05) is 5.33 Å². The minimum atomic E-state index is -1.77. The molecule has 0 spiro atoms. The molecule has 1 unspecified atom stereocenters. The van der Waals surface area contributed by atoms with E-state index in [9.17, 15) is 0 Å². The molecular weight excluding hydrogens is 340 g/mol. The molecule has 2 aromatic rings. The summed E-state index contributed by atoms with van der Waals surface area (Å²) in [7, 11) is -1.77. The number of benzene rings is 2. The lowest BCUT2D eigenvalue weighted by Crippen LogP contribution is -2.42. The normalized spacial score (nSPS) is 14.4. The van der Waals surface area contributed by atoms with Gasteiger partial charge in [-0.3, -0.25) is 0 Å². The number of hydrogen-bond donors (Lipinski definition) is 0. The van der Waals surface area contributed by atoms with Gasteiger partial charge in [-0.15, -0.1) is 0 Å². The maximum Gasteiger partial charge on any atom is 0.192 e. The molecule has 0 fully saturated rings. The molecule has 21 heavy (non-hydrogen) atoms. The molecule has 0 aromatic heterocycles. The van der Waals surface area contributed by atoms with Gasteiger partial charge in [0.25, 0.3) is 0 Å². The Balaban J connectivity index is 2.31. The Morgan fingerprint density at radius 2 is 1.67 bits per heavy atom. The Morgan fingerprint density at radius 1 is 1.05 bits per heavy atom. The standard InChI is InChI=1S/C18H25BrOSi/c1-18(2,3)21(4,5)20-17(13-19)16-11-10-14-8-6-7-9-15(14)12-16/h6-12,17H,13H2,1-5H3. The van der Waals surface area contributed by atoms with Gasteiger partial charge in [-0.25, -0.2) is 0 Å². The van der Waals surface area contributed by atoms with E-state index in [1.54, 1.807) is 0 Å². The van der Waals surface area contributed by atoms with Gasteiger partial charge in [0.05, 0.1) is 6.10 Å². The smallest absolute Gasteiger partial charge is 0.192 e. The highest BCUT2D eigenvalue weighted by molar-refractivity contribution is 9.09. The second-order valence-electron chi connectivity index (χ2n) is 7.13. The Bertz CT molecular complexity index is 616. The summed E-state index contributed by atoms with van der Waals surface area (Å²) in [5, 5.41) is 3.61. The Morgan fingerprint density at radius 3 is 2.24 bits per heavy atom. The molecule has 2 aromatic carbocycles. The maximum absolute atomic E-state index is 6.58. The van der Waals surface area contributed by atoms with E-state index in [4.69, 9.17) is 4.43 Å². The van der Waals surface area contributed by atoms with E-state index in [1.807, 2.05) is 0 Å². The van der Waals surface area contributed by atoms with Crippen LogP contribution in [-0.4, -0.2) is 13.6 Å². The van der Waals surface area contributed by atoms with Crippen molar-refractivity contribution in [3.05, 3.63) is 48.0 Å². The van der Waals surface area contributed by atoms with Crippen LogP contribution in [-0.2, 0) is 4.43 Å². The molecule has 0 radical (unpaired) electrons. The van der Waals surface area contributed by atoms with Crippen LogP contribution in [0.1, 0.15) is 32.4 Å². The van der Waals surface area contributed by atoms with Crippen LogP contribution in [0.15, 0.2) is 42.5 Å². The molecule has 0 aliphatic carbocycles. The molecule has 2 rings (SSSR count). The Kier molecular flexibility index (Phi) is 4.96. The van der Waals surface area contributed by atoms with Crippen LogP contribution in [0.4, 0.5) is 0 Å². The zero-order valence-electron chi connectivity index (χ0n) is 13.6. The van der Waals surface area contributed by atoms with Crippen LogP contribution in [0.25, 0.3) is 10.8 Å². The fraction of sp³-hybridized carbons (Fsp3) is 0.444. The van der Waals surface area contributed by atoms with E-state index in [-0.39, 0.29) is 11.1 Å². The molecule has 1 nitrogen and oxygen atoms in total. The van der Waals surface area contributed by atoms with E-state index in [0.29, 0.717) is 0 Å². The number of halogens is 1. The molecule has 1 atom stereocenters. The van der Waals surface area contributed by atoms with Gasteiger partial charge in [0.2, 0.25) is 0 Å². The molecule has 0 N–H and O–H groups in total. The number of alkyl halides is 1. The highest BCUT2D eigenvalue weighted by Gasteiger charge is 2.39. The minimum absolute atomic E-state index is 0.121. The van der Waals surface area contributed by atoms with Crippen molar-refractivity contribution in [3.63, 3.8) is 0 Å². The largest absolute Gasteiger partial charge is 0.409 e. The Labute approximate surface area is 138 Å². The third kappa shape index (κ3) is 3.76. The third-order valence-corrected chi connectivity index (χ3v) is 9.60. The predicted octanol–water partition coefficient (Wildman–Crippen LogP) is 6.30. The molecule has 0 amide bonds. The summed E-state index contributed by atoms with van der Waals surface area (Å²) < 4.78 is 6.58. The van der Waals surface area contributed by atoms with Gasteiger partial charge in [0.15, 0.2) is 8.32 Å². The Hall–Kier alpha value is -0.643. The SMILES string of the molecule is CC(C)(C)[Si](C)(C)OC(CBr)c1ccc2ccccc2c1. The first-order valence-electron chi connectivity index (χ1n) is 7.47. The van der Waals surface area contributed by atoms with Gasteiger partial charge in [0.1, 0.15) is 0 Å². The highest BCUT2D eigenvalue weighted by atomic mass is 79.9. The minimum Gasteiger partial charge on any atom is -0.409 e. The lowest BCUT2D eigenvalue weighted by molar-refractivity contribution is 0.209. The number of hydrogen-bond acceptors (Lipinski definition) is 1. The van der Waals surface area contributed by atoms with Gasteiger partial charge in [-0.05, 0) is 40.5 Å². The topological polar surface area (TPSA) is 9.23 Å². The third-order valence-electron chi connectivity index (χ3n) is 4.53. The van der Waals surface area contributed by atoms with Crippen molar-refractivity contribution in [2.45, 2.75) is 45.0 Å². The van der Waals surface area contributed by atoms with Crippen molar-refractivity contribution in [2.24, 2.45) is 0 Å².